The minimum atomic E-state index is -0.229. The molecule has 1 amide bonds. The van der Waals surface area contributed by atoms with Gasteiger partial charge in [-0.2, -0.15) is 0 Å². The molecule has 0 aliphatic heterocycles. The van der Waals surface area contributed by atoms with Crippen LogP contribution in [0.5, 0.6) is 0 Å². The molecule has 0 saturated heterocycles. The van der Waals surface area contributed by atoms with Crippen molar-refractivity contribution in [3.63, 3.8) is 0 Å². The highest BCUT2D eigenvalue weighted by atomic mass is 79.9. The predicted molar refractivity (Wildman–Crippen MR) is 95.2 cm³/mol. The van der Waals surface area contributed by atoms with E-state index in [1.807, 2.05) is 12.1 Å². The van der Waals surface area contributed by atoms with Gasteiger partial charge in [0.2, 0.25) is 5.91 Å². The quantitative estimate of drug-likeness (QED) is 0.649. The summed E-state index contributed by atoms with van der Waals surface area (Å²) < 4.78 is 1.70. The van der Waals surface area contributed by atoms with Gasteiger partial charge in [-0.25, -0.2) is 0 Å². The van der Waals surface area contributed by atoms with Gasteiger partial charge in [-0.15, -0.1) is 0 Å². The number of halogens is 2. The third kappa shape index (κ3) is 3.81. The van der Waals surface area contributed by atoms with Crippen molar-refractivity contribution in [1.82, 2.24) is 0 Å². The molecule has 1 fully saturated rings. The summed E-state index contributed by atoms with van der Waals surface area (Å²) in [6.07, 6.45) is 5.16. The number of anilines is 2. The van der Waals surface area contributed by atoms with E-state index >= 15 is 0 Å². The molecule has 21 heavy (non-hydrogen) atoms. The topological polar surface area (TPSA) is 55.1 Å². The zero-order valence-electron chi connectivity index (χ0n) is 12.5. The molecule has 1 aliphatic carbocycles. The molecular formula is C16H22Br2N2O. The van der Waals surface area contributed by atoms with Crippen LogP contribution in [0.3, 0.4) is 0 Å². The van der Waals surface area contributed by atoms with E-state index in [0.717, 1.165) is 41.0 Å². The maximum Gasteiger partial charge on any atom is 0.230 e. The molecule has 0 atom stereocenters. The van der Waals surface area contributed by atoms with Crippen LogP contribution in [0.25, 0.3) is 0 Å². The van der Waals surface area contributed by atoms with Crippen molar-refractivity contribution in [2.75, 3.05) is 11.1 Å². The average Bonchev–Trinajstić information content (AvgIpc) is 2.82. The Bertz CT molecular complexity index is 514. The van der Waals surface area contributed by atoms with E-state index in [4.69, 9.17) is 5.73 Å². The SMILES string of the molecule is CC(C)CC1(C(=O)Nc2c(N)cc(Br)cc2Br)CCCC1. The number of carbonyl (C=O) groups excluding carboxylic acids is 1. The average molecular weight is 418 g/mol. The van der Waals surface area contributed by atoms with Crippen LogP contribution in [-0.4, -0.2) is 5.91 Å². The first-order valence-corrected chi connectivity index (χ1v) is 8.99. The number of benzene rings is 1. The minimum absolute atomic E-state index is 0.114. The molecule has 1 saturated carbocycles. The van der Waals surface area contributed by atoms with Crippen LogP contribution in [-0.2, 0) is 4.79 Å². The zero-order chi connectivity index (χ0) is 15.6. The first kappa shape index (κ1) is 16.8. The smallest absolute Gasteiger partial charge is 0.230 e. The van der Waals surface area contributed by atoms with E-state index in [2.05, 4.69) is 51.0 Å². The fraction of sp³-hybridized carbons (Fsp3) is 0.562. The molecule has 0 unspecified atom stereocenters. The largest absolute Gasteiger partial charge is 0.397 e. The number of carbonyl (C=O) groups is 1. The molecule has 3 N–H and O–H groups in total. The second-order valence-corrected chi connectivity index (χ2v) is 8.16. The summed E-state index contributed by atoms with van der Waals surface area (Å²) in [6.45, 7) is 4.36. The number of rotatable bonds is 4. The van der Waals surface area contributed by atoms with Crippen molar-refractivity contribution < 1.29 is 4.79 Å². The van der Waals surface area contributed by atoms with E-state index in [1.54, 1.807) is 0 Å². The second-order valence-electron chi connectivity index (χ2n) is 6.39. The number of nitrogens with two attached hydrogens (primary N) is 1. The van der Waals surface area contributed by atoms with Gasteiger partial charge in [-0.3, -0.25) is 4.79 Å². The number of amides is 1. The Morgan fingerprint density at radius 1 is 1.33 bits per heavy atom. The number of nitrogens with one attached hydrogen (secondary N) is 1. The third-order valence-electron chi connectivity index (χ3n) is 4.17. The lowest BCUT2D eigenvalue weighted by atomic mass is 9.77. The van der Waals surface area contributed by atoms with Gasteiger partial charge in [0.25, 0.3) is 0 Å². The van der Waals surface area contributed by atoms with E-state index in [9.17, 15) is 4.79 Å². The molecule has 0 radical (unpaired) electrons. The Morgan fingerprint density at radius 3 is 2.48 bits per heavy atom. The van der Waals surface area contributed by atoms with Crippen molar-refractivity contribution in [1.29, 1.82) is 0 Å². The van der Waals surface area contributed by atoms with Crippen LogP contribution >= 0.6 is 31.9 Å². The van der Waals surface area contributed by atoms with E-state index < -0.39 is 0 Å². The van der Waals surface area contributed by atoms with Crippen molar-refractivity contribution >= 4 is 49.1 Å². The Balaban J connectivity index is 2.24. The van der Waals surface area contributed by atoms with Crippen LogP contribution in [0.15, 0.2) is 21.1 Å². The molecule has 1 aromatic carbocycles. The van der Waals surface area contributed by atoms with Crippen molar-refractivity contribution in [3.05, 3.63) is 21.1 Å². The normalized spacial score (nSPS) is 17.2. The molecule has 1 aromatic rings. The van der Waals surface area contributed by atoms with Gasteiger partial charge in [0, 0.05) is 14.4 Å². The number of hydrogen-bond donors (Lipinski definition) is 2. The van der Waals surface area contributed by atoms with Crippen molar-refractivity contribution in [2.24, 2.45) is 11.3 Å². The van der Waals surface area contributed by atoms with E-state index in [-0.39, 0.29) is 11.3 Å². The molecular weight excluding hydrogens is 396 g/mol. The molecule has 3 nitrogen and oxygen atoms in total. The summed E-state index contributed by atoms with van der Waals surface area (Å²) in [5.41, 5.74) is 7.06. The Kier molecular flexibility index (Phi) is 5.36. The minimum Gasteiger partial charge on any atom is -0.397 e. The van der Waals surface area contributed by atoms with Gasteiger partial charge in [0.1, 0.15) is 0 Å². The van der Waals surface area contributed by atoms with Gasteiger partial charge in [-0.1, -0.05) is 42.6 Å². The maximum atomic E-state index is 12.9. The monoisotopic (exact) mass is 416 g/mol. The molecule has 1 aliphatic rings. The number of nitrogen functional groups attached to an aromatic ring is 1. The summed E-state index contributed by atoms with van der Waals surface area (Å²) in [7, 11) is 0. The summed E-state index contributed by atoms with van der Waals surface area (Å²) in [4.78, 5) is 12.9. The Labute approximate surface area is 143 Å². The first-order valence-electron chi connectivity index (χ1n) is 7.40. The lowest BCUT2D eigenvalue weighted by Crippen LogP contribution is -2.35. The van der Waals surface area contributed by atoms with Crippen LogP contribution in [0.2, 0.25) is 0 Å². The van der Waals surface area contributed by atoms with E-state index in [0.29, 0.717) is 17.3 Å². The maximum absolute atomic E-state index is 12.9. The highest BCUT2D eigenvalue weighted by Crippen LogP contribution is 2.45. The van der Waals surface area contributed by atoms with Gasteiger partial charge in [0.15, 0.2) is 0 Å². The Hall–Kier alpha value is -0.550. The summed E-state index contributed by atoms with van der Waals surface area (Å²) in [5.74, 6) is 0.628. The fourth-order valence-corrected chi connectivity index (χ4v) is 4.69. The van der Waals surface area contributed by atoms with Crippen LogP contribution < -0.4 is 11.1 Å². The third-order valence-corrected chi connectivity index (χ3v) is 5.25. The van der Waals surface area contributed by atoms with Crippen LogP contribution in [0, 0.1) is 11.3 Å². The van der Waals surface area contributed by atoms with Gasteiger partial charge >= 0.3 is 0 Å². The van der Waals surface area contributed by atoms with Crippen molar-refractivity contribution in [2.45, 2.75) is 46.0 Å². The lowest BCUT2D eigenvalue weighted by molar-refractivity contribution is -0.126. The zero-order valence-corrected chi connectivity index (χ0v) is 15.7. The van der Waals surface area contributed by atoms with E-state index in [1.165, 1.54) is 0 Å². The molecule has 116 valence electrons. The van der Waals surface area contributed by atoms with Crippen LogP contribution in [0.4, 0.5) is 11.4 Å². The molecule has 0 spiro atoms. The Morgan fingerprint density at radius 2 is 1.95 bits per heavy atom. The van der Waals surface area contributed by atoms with Gasteiger partial charge in [0.05, 0.1) is 11.4 Å². The highest BCUT2D eigenvalue weighted by Gasteiger charge is 2.41. The second kappa shape index (κ2) is 6.69. The van der Waals surface area contributed by atoms with Crippen LogP contribution in [0.1, 0.15) is 46.0 Å². The fourth-order valence-electron chi connectivity index (χ4n) is 3.33. The highest BCUT2D eigenvalue weighted by molar-refractivity contribution is 9.11. The van der Waals surface area contributed by atoms with Crippen molar-refractivity contribution in [3.8, 4) is 0 Å². The van der Waals surface area contributed by atoms with Gasteiger partial charge in [-0.05, 0) is 53.2 Å². The predicted octanol–water partition coefficient (Wildman–Crippen LogP) is 5.34. The molecule has 0 bridgehead atoms. The number of hydrogen-bond acceptors (Lipinski definition) is 2. The lowest BCUT2D eigenvalue weighted by Gasteiger charge is -2.30. The summed E-state index contributed by atoms with van der Waals surface area (Å²) >= 11 is 6.88. The first-order chi connectivity index (χ1) is 9.84. The molecule has 2 rings (SSSR count). The molecule has 0 heterocycles. The standard InChI is InChI=1S/C16H22Br2N2O/c1-10(2)9-16(5-3-4-6-16)15(21)20-14-12(18)7-11(17)8-13(14)19/h7-8,10H,3-6,9,19H2,1-2H3,(H,20,21). The summed E-state index contributed by atoms with van der Waals surface area (Å²) in [5, 5.41) is 3.06. The molecule has 0 aromatic heterocycles. The molecule has 5 heteroatoms. The van der Waals surface area contributed by atoms with Gasteiger partial charge < -0.3 is 11.1 Å². The summed E-state index contributed by atoms with van der Waals surface area (Å²) in [6, 6.07) is 3.71.